The summed E-state index contributed by atoms with van der Waals surface area (Å²) in [7, 11) is -4.33. The topological polar surface area (TPSA) is 131 Å². The van der Waals surface area contributed by atoms with Crippen molar-refractivity contribution in [3.63, 3.8) is 0 Å². The first-order valence-electron chi connectivity index (χ1n) is 18.8. The number of phosphoric ester groups is 1. The van der Waals surface area contributed by atoms with Gasteiger partial charge in [-0.15, -0.1) is 0 Å². The van der Waals surface area contributed by atoms with Crippen LogP contribution in [0.15, 0.2) is 48.6 Å². The second kappa shape index (κ2) is 34.3. The average molecular weight is 683 g/mol. The van der Waals surface area contributed by atoms with Crippen molar-refractivity contribution >= 4 is 13.7 Å². The largest absolute Gasteiger partial charge is 0.472 e. The molecular formula is C38H71N2O6P. The number of aliphatic hydroxyl groups excluding tert-OH is 1. The van der Waals surface area contributed by atoms with E-state index in [-0.39, 0.29) is 25.7 Å². The highest BCUT2D eigenvalue weighted by Crippen LogP contribution is 2.43. The first-order chi connectivity index (χ1) is 22.9. The number of hydrogen-bond acceptors (Lipinski definition) is 6. The molecule has 0 aliphatic carbocycles. The maximum Gasteiger partial charge on any atom is 0.472 e. The number of carbonyl (C=O) groups excluding carboxylic acids is 1. The van der Waals surface area contributed by atoms with E-state index in [0.717, 1.165) is 51.4 Å². The third kappa shape index (κ3) is 32.8. The van der Waals surface area contributed by atoms with E-state index in [0.29, 0.717) is 6.42 Å². The Morgan fingerprint density at radius 1 is 0.702 bits per heavy atom. The zero-order valence-corrected chi connectivity index (χ0v) is 30.9. The van der Waals surface area contributed by atoms with Gasteiger partial charge in [-0.25, -0.2) is 4.57 Å². The van der Waals surface area contributed by atoms with Gasteiger partial charge in [0.2, 0.25) is 5.91 Å². The summed E-state index contributed by atoms with van der Waals surface area (Å²) >= 11 is 0. The zero-order valence-electron chi connectivity index (χ0n) is 30.0. The van der Waals surface area contributed by atoms with Crippen LogP contribution in [0.2, 0.25) is 0 Å². The number of hydrogen-bond donors (Lipinski definition) is 4. The van der Waals surface area contributed by atoms with Crippen molar-refractivity contribution in [1.82, 2.24) is 5.32 Å². The summed E-state index contributed by atoms with van der Waals surface area (Å²) < 4.78 is 21.9. The molecule has 0 aliphatic rings. The Morgan fingerprint density at radius 2 is 1.23 bits per heavy atom. The molecule has 0 radical (unpaired) electrons. The molecule has 9 heteroatoms. The molecule has 3 atom stereocenters. The molecule has 0 aliphatic heterocycles. The van der Waals surface area contributed by atoms with Crippen LogP contribution < -0.4 is 11.1 Å². The number of nitrogens with one attached hydrogen (secondary N) is 1. The SMILES string of the molecule is CCC/C=C/CC/C=C/C(O)C(COP(=O)(O)OCCN)NC(=O)CCCCCCCCCCC/C=C\C/C=C\CCCCCCC. The summed E-state index contributed by atoms with van der Waals surface area (Å²) in [6.07, 6.45) is 40.4. The molecular weight excluding hydrogens is 611 g/mol. The Labute approximate surface area is 288 Å². The fourth-order valence-corrected chi connectivity index (χ4v) is 5.77. The monoisotopic (exact) mass is 683 g/mol. The van der Waals surface area contributed by atoms with Gasteiger partial charge in [0.15, 0.2) is 0 Å². The molecule has 0 rings (SSSR count). The van der Waals surface area contributed by atoms with Gasteiger partial charge in [-0.3, -0.25) is 13.8 Å². The molecule has 5 N–H and O–H groups in total. The summed E-state index contributed by atoms with van der Waals surface area (Å²) in [5.74, 6) is -0.216. The lowest BCUT2D eigenvalue weighted by molar-refractivity contribution is -0.123. The third-order valence-electron chi connectivity index (χ3n) is 7.86. The van der Waals surface area contributed by atoms with Gasteiger partial charge in [0.1, 0.15) is 0 Å². The Morgan fingerprint density at radius 3 is 1.83 bits per heavy atom. The highest BCUT2D eigenvalue weighted by molar-refractivity contribution is 7.47. The minimum atomic E-state index is -4.33. The van der Waals surface area contributed by atoms with Crippen LogP contribution >= 0.6 is 7.82 Å². The Kier molecular flexibility index (Phi) is 33.2. The van der Waals surface area contributed by atoms with Gasteiger partial charge in [0.05, 0.1) is 25.4 Å². The number of amides is 1. The summed E-state index contributed by atoms with van der Waals surface area (Å²) in [5.41, 5.74) is 5.33. The summed E-state index contributed by atoms with van der Waals surface area (Å²) in [6, 6.07) is -0.876. The minimum Gasteiger partial charge on any atom is -0.387 e. The standard InChI is InChI=1S/C38H71N2O6P/c1-3-5-7-9-11-12-13-14-15-16-17-18-19-20-21-22-23-24-26-28-30-32-38(42)40-36(35-46-47(43,44)45-34-33-39)37(41)31-29-27-25-10-8-6-4-2/h8,10,13-14,16-17,29,31,36-37,41H,3-7,9,11-12,15,18-28,30,32-35,39H2,1-2H3,(H,40,42)(H,43,44)/b10-8+,14-13-,17-16-,31-29+. The lowest BCUT2D eigenvalue weighted by Gasteiger charge is -2.23. The van der Waals surface area contributed by atoms with Gasteiger partial charge >= 0.3 is 7.82 Å². The van der Waals surface area contributed by atoms with Gasteiger partial charge < -0.3 is 21.1 Å². The predicted octanol–water partition coefficient (Wildman–Crippen LogP) is 9.77. The van der Waals surface area contributed by atoms with Crippen molar-refractivity contribution in [2.24, 2.45) is 5.73 Å². The lowest BCUT2D eigenvalue weighted by Crippen LogP contribution is -2.45. The molecule has 47 heavy (non-hydrogen) atoms. The van der Waals surface area contributed by atoms with E-state index < -0.39 is 20.0 Å². The van der Waals surface area contributed by atoms with Crippen LogP contribution in [0.4, 0.5) is 0 Å². The molecule has 0 aromatic carbocycles. The van der Waals surface area contributed by atoms with Crippen molar-refractivity contribution in [3.05, 3.63) is 48.6 Å². The van der Waals surface area contributed by atoms with E-state index in [2.05, 4.69) is 55.6 Å². The predicted molar refractivity (Wildman–Crippen MR) is 198 cm³/mol. The van der Waals surface area contributed by atoms with E-state index in [9.17, 15) is 19.4 Å². The van der Waals surface area contributed by atoms with Gasteiger partial charge in [-0.05, 0) is 57.8 Å². The molecule has 0 heterocycles. The first kappa shape index (κ1) is 45.5. The Hall–Kier alpha value is -1.54. The van der Waals surface area contributed by atoms with E-state index in [1.165, 1.54) is 83.5 Å². The molecule has 0 saturated heterocycles. The number of nitrogens with two attached hydrogens (primary N) is 1. The highest BCUT2D eigenvalue weighted by atomic mass is 31.2. The quantitative estimate of drug-likeness (QED) is 0.0302. The molecule has 0 spiro atoms. The molecule has 8 nitrogen and oxygen atoms in total. The van der Waals surface area contributed by atoms with E-state index in [4.69, 9.17) is 14.8 Å². The summed E-state index contributed by atoms with van der Waals surface area (Å²) in [6.45, 7) is 3.96. The molecule has 274 valence electrons. The third-order valence-corrected chi connectivity index (χ3v) is 8.84. The second-order valence-electron chi connectivity index (χ2n) is 12.4. The van der Waals surface area contributed by atoms with Crippen LogP contribution in [-0.4, -0.2) is 47.8 Å². The van der Waals surface area contributed by atoms with Crippen LogP contribution in [0.25, 0.3) is 0 Å². The maximum absolute atomic E-state index is 12.6. The van der Waals surface area contributed by atoms with Gasteiger partial charge in [0.25, 0.3) is 0 Å². The average Bonchev–Trinajstić information content (AvgIpc) is 3.05. The molecule has 3 unspecified atom stereocenters. The molecule has 0 fully saturated rings. The molecule has 0 aromatic heterocycles. The molecule has 1 amide bonds. The second-order valence-corrected chi connectivity index (χ2v) is 13.9. The van der Waals surface area contributed by atoms with Crippen molar-refractivity contribution < 1.29 is 28.4 Å². The molecule has 0 saturated carbocycles. The van der Waals surface area contributed by atoms with Gasteiger partial charge in [-0.1, -0.05) is 140 Å². The smallest absolute Gasteiger partial charge is 0.387 e. The number of aliphatic hydroxyl groups is 1. The number of carbonyl (C=O) groups is 1. The van der Waals surface area contributed by atoms with E-state index >= 15 is 0 Å². The highest BCUT2D eigenvalue weighted by Gasteiger charge is 2.26. The molecule has 0 bridgehead atoms. The number of allylic oxidation sites excluding steroid dienone is 7. The fourth-order valence-electron chi connectivity index (χ4n) is 5.01. The first-order valence-corrected chi connectivity index (χ1v) is 20.3. The van der Waals surface area contributed by atoms with Crippen molar-refractivity contribution in [2.75, 3.05) is 19.8 Å². The van der Waals surface area contributed by atoms with Gasteiger partial charge in [-0.2, -0.15) is 0 Å². The van der Waals surface area contributed by atoms with Crippen LogP contribution in [0, 0.1) is 0 Å². The number of unbranched alkanes of at least 4 members (excludes halogenated alkanes) is 16. The van der Waals surface area contributed by atoms with Crippen LogP contribution in [0.1, 0.15) is 155 Å². The van der Waals surface area contributed by atoms with Crippen molar-refractivity contribution in [2.45, 2.75) is 167 Å². The Balaban J connectivity index is 4.12. The van der Waals surface area contributed by atoms with Gasteiger partial charge in [0, 0.05) is 13.0 Å². The van der Waals surface area contributed by atoms with Crippen molar-refractivity contribution in [1.29, 1.82) is 0 Å². The normalized spacial score (nSPS) is 14.9. The number of phosphoric acid groups is 1. The zero-order chi connectivity index (χ0) is 34.7. The van der Waals surface area contributed by atoms with E-state index in [1.54, 1.807) is 6.08 Å². The van der Waals surface area contributed by atoms with Crippen LogP contribution in [0.3, 0.4) is 0 Å². The maximum atomic E-state index is 12.6. The van der Waals surface area contributed by atoms with Crippen LogP contribution in [-0.2, 0) is 18.4 Å². The summed E-state index contributed by atoms with van der Waals surface area (Å²) in [5, 5.41) is 13.5. The Bertz CT molecular complexity index is 876. The lowest BCUT2D eigenvalue weighted by atomic mass is 10.1. The number of rotatable bonds is 34. The fraction of sp³-hybridized carbons (Fsp3) is 0.763. The van der Waals surface area contributed by atoms with E-state index in [1.807, 2.05) is 6.08 Å². The minimum absolute atomic E-state index is 0.0712. The van der Waals surface area contributed by atoms with Crippen LogP contribution in [0.5, 0.6) is 0 Å². The van der Waals surface area contributed by atoms with Crippen molar-refractivity contribution in [3.8, 4) is 0 Å². The summed E-state index contributed by atoms with van der Waals surface area (Å²) in [4.78, 5) is 22.5. The molecule has 0 aromatic rings.